The first kappa shape index (κ1) is 11.5. The molecule has 1 aromatic carbocycles. The van der Waals surface area contributed by atoms with Crippen molar-refractivity contribution < 1.29 is 8.78 Å². The molecule has 0 atom stereocenters. The molecular formula is C11H5F2N3S. The van der Waals surface area contributed by atoms with E-state index in [1.807, 2.05) is 6.07 Å². The van der Waals surface area contributed by atoms with Crippen LogP contribution in [0.15, 0.2) is 40.5 Å². The van der Waals surface area contributed by atoms with Crippen LogP contribution in [-0.2, 0) is 0 Å². The highest BCUT2D eigenvalue weighted by atomic mass is 32.2. The second kappa shape index (κ2) is 4.89. The van der Waals surface area contributed by atoms with Crippen LogP contribution in [0.4, 0.5) is 8.78 Å². The summed E-state index contributed by atoms with van der Waals surface area (Å²) in [4.78, 5) is 8.30. The van der Waals surface area contributed by atoms with Crippen molar-refractivity contribution in [2.75, 3.05) is 0 Å². The molecule has 0 bridgehead atoms. The molecule has 0 aliphatic carbocycles. The summed E-state index contributed by atoms with van der Waals surface area (Å²) in [7, 11) is 0. The number of rotatable bonds is 2. The lowest BCUT2D eigenvalue weighted by atomic mass is 10.3. The molecule has 2 aromatic rings. The van der Waals surface area contributed by atoms with Gasteiger partial charge in [-0.05, 0) is 18.2 Å². The minimum absolute atomic E-state index is 0.208. The van der Waals surface area contributed by atoms with E-state index >= 15 is 0 Å². The Bertz CT molecular complexity index is 578. The van der Waals surface area contributed by atoms with Crippen molar-refractivity contribution in [1.29, 1.82) is 5.26 Å². The molecule has 0 amide bonds. The monoisotopic (exact) mass is 249 g/mol. The Morgan fingerprint density at radius 3 is 2.53 bits per heavy atom. The molecule has 84 valence electrons. The molecule has 17 heavy (non-hydrogen) atoms. The molecule has 0 aliphatic heterocycles. The van der Waals surface area contributed by atoms with E-state index in [0.29, 0.717) is 9.92 Å². The number of hydrogen-bond acceptors (Lipinski definition) is 4. The zero-order chi connectivity index (χ0) is 12.3. The van der Waals surface area contributed by atoms with E-state index in [1.165, 1.54) is 18.5 Å². The Morgan fingerprint density at radius 2 is 1.94 bits per heavy atom. The van der Waals surface area contributed by atoms with Crippen LogP contribution in [0, 0.1) is 23.0 Å². The summed E-state index contributed by atoms with van der Waals surface area (Å²) in [5.74, 6) is -1.79. The second-order valence-electron chi connectivity index (χ2n) is 3.03. The maximum atomic E-state index is 12.9. The zero-order valence-electron chi connectivity index (χ0n) is 8.39. The highest BCUT2D eigenvalue weighted by molar-refractivity contribution is 7.99. The molecule has 0 unspecified atom stereocenters. The summed E-state index contributed by atoms with van der Waals surface area (Å²) in [5, 5.41) is 9.04. The summed E-state index contributed by atoms with van der Waals surface area (Å²) in [6.07, 6.45) is 2.73. The third kappa shape index (κ3) is 2.77. The standard InChI is InChI=1S/C11H5F2N3S/c12-9-2-1-8(3-10(9)13)17-11-6-15-7(4-14)5-16-11/h1-3,5-6H. The Balaban J connectivity index is 2.20. The minimum atomic E-state index is -0.906. The van der Waals surface area contributed by atoms with Gasteiger partial charge in [0.05, 0.1) is 12.4 Å². The largest absolute Gasteiger partial charge is 0.245 e. The summed E-state index contributed by atoms with van der Waals surface area (Å²) in [6.45, 7) is 0. The van der Waals surface area contributed by atoms with Gasteiger partial charge in [0, 0.05) is 4.90 Å². The van der Waals surface area contributed by atoms with Gasteiger partial charge in [0.1, 0.15) is 11.1 Å². The van der Waals surface area contributed by atoms with Gasteiger partial charge >= 0.3 is 0 Å². The topological polar surface area (TPSA) is 49.6 Å². The van der Waals surface area contributed by atoms with Crippen LogP contribution < -0.4 is 0 Å². The van der Waals surface area contributed by atoms with Crippen LogP contribution in [0.5, 0.6) is 0 Å². The summed E-state index contributed by atoms with van der Waals surface area (Å²) >= 11 is 1.14. The molecule has 0 fully saturated rings. The highest BCUT2D eigenvalue weighted by Gasteiger charge is 2.05. The molecule has 0 saturated carbocycles. The van der Waals surface area contributed by atoms with Crippen molar-refractivity contribution in [2.45, 2.75) is 9.92 Å². The average Bonchev–Trinajstić information content (AvgIpc) is 2.35. The molecule has 0 aliphatic rings. The molecule has 6 heteroatoms. The quantitative estimate of drug-likeness (QED) is 0.821. The SMILES string of the molecule is N#Cc1cnc(Sc2ccc(F)c(F)c2)cn1. The normalized spacial score (nSPS) is 9.94. The number of benzene rings is 1. The van der Waals surface area contributed by atoms with Crippen LogP contribution in [0.3, 0.4) is 0 Å². The average molecular weight is 249 g/mol. The number of nitrogens with zero attached hydrogens (tertiary/aromatic N) is 3. The first-order valence-electron chi connectivity index (χ1n) is 4.54. The lowest BCUT2D eigenvalue weighted by molar-refractivity contribution is 0.506. The van der Waals surface area contributed by atoms with Gasteiger partial charge < -0.3 is 0 Å². The van der Waals surface area contributed by atoms with E-state index in [1.54, 1.807) is 0 Å². The van der Waals surface area contributed by atoms with Gasteiger partial charge in [-0.15, -0.1) is 0 Å². The number of hydrogen-bond donors (Lipinski definition) is 0. The fourth-order valence-electron chi connectivity index (χ4n) is 1.09. The Labute approximate surface area is 100 Å². The predicted octanol–water partition coefficient (Wildman–Crippen LogP) is 2.78. The van der Waals surface area contributed by atoms with Crippen LogP contribution in [0.2, 0.25) is 0 Å². The minimum Gasteiger partial charge on any atom is -0.245 e. The van der Waals surface area contributed by atoms with Gasteiger partial charge in [-0.25, -0.2) is 18.7 Å². The summed E-state index contributed by atoms with van der Waals surface area (Å²) in [5.41, 5.74) is 0.208. The zero-order valence-corrected chi connectivity index (χ0v) is 9.21. The van der Waals surface area contributed by atoms with E-state index in [4.69, 9.17) is 5.26 Å². The van der Waals surface area contributed by atoms with Crippen molar-refractivity contribution >= 4 is 11.8 Å². The van der Waals surface area contributed by atoms with Crippen molar-refractivity contribution in [3.63, 3.8) is 0 Å². The molecule has 0 radical (unpaired) electrons. The maximum absolute atomic E-state index is 12.9. The molecular weight excluding hydrogens is 244 g/mol. The van der Waals surface area contributed by atoms with Gasteiger partial charge in [-0.2, -0.15) is 5.26 Å². The maximum Gasteiger partial charge on any atom is 0.159 e. The second-order valence-corrected chi connectivity index (χ2v) is 4.12. The van der Waals surface area contributed by atoms with Crippen molar-refractivity contribution in [3.8, 4) is 6.07 Å². The molecule has 3 nitrogen and oxygen atoms in total. The molecule has 0 spiro atoms. The van der Waals surface area contributed by atoms with Crippen LogP contribution in [0.25, 0.3) is 0 Å². The van der Waals surface area contributed by atoms with Crippen molar-refractivity contribution in [2.24, 2.45) is 0 Å². The molecule has 0 saturated heterocycles. The van der Waals surface area contributed by atoms with Gasteiger partial charge in [0.2, 0.25) is 0 Å². The van der Waals surface area contributed by atoms with Gasteiger partial charge in [0.25, 0.3) is 0 Å². The molecule has 2 rings (SSSR count). The number of aromatic nitrogens is 2. The summed E-state index contributed by atoms with van der Waals surface area (Å²) in [6, 6.07) is 5.42. The van der Waals surface area contributed by atoms with Crippen LogP contribution in [0.1, 0.15) is 5.69 Å². The van der Waals surface area contributed by atoms with E-state index < -0.39 is 11.6 Å². The van der Waals surface area contributed by atoms with Crippen molar-refractivity contribution in [3.05, 3.63) is 47.9 Å². The van der Waals surface area contributed by atoms with Gasteiger partial charge in [-0.3, -0.25) is 0 Å². The van der Waals surface area contributed by atoms with E-state index in [2.05, 4.69) is 9.97 Å². The third-order valence-corrected chi connectivity index (χ3v) is 2.77. The first-order valence-corrected chi connectivity index (χ1v) is 5.36. The third-order valence-electron chi connectivity index (χ3n) is 1.86. The number of nitriles is 1. The fraction of sp³-hybridized carbons (Fsp3) is 0. The van der Waals surface area contributed by atoms with Crippen LogP contribution in [-0.4, -0.2) is 9.97 Å². The van der Waals surface area contributed by atoms with Crippen LogP contribution >= 0.6 is 11.8 Å². The van der Waals surface area contributed by atoms with E-state index in [0.717, 1.165) is 23.9 Å². The lowest BCUT2D eigenvalue weighted by Crippen LogP contribution is -1.88. The Kier molecular flexibility index (Phi) is 3.30. The van der Waals surface area contributed by atoms with Crippen molar-refractivity contribution in [1.82, 2.24) is 9.97 Å². The fourth-order valence-corrected chi connectivity index (χ4v) is 1.84. The van der Waals surface area contributed by atoms with E-state index in [-0.39, 0.29) is 5.69 Å². The Hall–Kier alpha value is -2.00. The molecule has 1 aromatic heterocycles. The lowest BCUT2D eigenvalue weighted by Gasteiger charge is -2.00. The van der Waals surface area contributed by atoms with Gasteiger partial charge in [0.15, 0.2) is 17.3 Å². The highest BCUT2D eigenvalue weighted by Crippen LogP contribution is 2.26. The van der Waals surface area contributed by atoms with E-state index in [9.17, 15) is 8.78 Å². The predicted molar refractivity (Wildman–Crippen MR) is 57.2 cm³/mol. The number of halogens is 2. The van der Waals surface area contributed by atoms with Gasteiger partial charge in [-0.1, -0.05) is 11.8 Å². The smallest absolute Gasteiger partial charge is 0.159 e. The Morgan fingerprint density at radius 1 is 1.12 bits per heavy atom. The molecule has 0 N–H and O–H groups in total. The first-order chi connectivity index (χ1) is 8.19. The molecule has 1 heterocycles. The summed E-state index contributed by atoms with van der Waals surface area (Å²) < 4.78 is 25.6.